The SMILES string of the molecule is CC(C)(CNC(=O)CC(C)(C)CC(C)(C)CS)COCC(C)(C)COCCO. The average Bonchev–Trinajstić information content (AvgIpc) is 2.51. The fourth-order valence-corrected chi connectivity index (χ4v) is 3.47. The molecule has 0 saturated heterocycles. The minimum atomic E-state index is -0.147. The molecule has 168 valence electrons. The predicted molar refractivity (Wildman–Crippen MR) is 120 cm³/mol. The number of carbonyl (C=O) groups is 1. The Bertz CT molecular complexity index is 461. The second kappa shape index (κ2) is 11.8. The fraction of sp³-hybridized carbons (Fsp3) is 0.955. The Morgan fingerprint density at radius 1 is 0.857 bits per heavy atom. The van der Waals surface area contributed by atoms with Crippen molar-refractivity contribution in [2.45, 2.75) is 68.2 Å². The first-order valence-electron chi connectivity index (χ1n) is 10.3. The molecule has 0 atom stereocenters. The Morgan fingerprint density at radius 3 is 1.93 bits per heavy atom. The van der Waals surface area contributed by atoms with Gasteiger partial charge in [0.15, 0.2) is 0 Å². The van der Waals surface area contributed by atoms with E-state index in [4.69, 9.17) is 14.6 Å². The normalized spacial score (nSPS) is 13.6. The smallest absolute Gasteiger partial charge is 0.220 e. The van der Waals surface area contributed by atoms with Crippen molar-refractivity contribution in [2.24, 2.45) is 21.7 Å². The molecule has 6 heteroatoms. The Kier molecular flexibility index (Phi) is 11.6. The molecule has 0 heterocycles. The van der Waals surface area contributed by atoms with Crippen LogP contribution in [0.4, 0.5) is 0 Å². The zero-order chi connectivity index (χ0) is 22.1. The van der Waals surface area contributed by atoms with Crippen LogP contribution in [0, 0.1) is 21.7 Å². The van der Waals surface area contributed by atoms with Crippen molar-refractivity contribution in [2.75, 3.05) is 45.3 Å². The monoisotopic (exact) mass is 419 g/mol. The van der Waals surface area contributed by atoms with Crippen LogP contribution in [0.3, 0.4) is 0 Å². The van der Waals surface area contributed by atoms with Gasteiger partial charge in [0.1, 0.15) is 0 Å². The summed E-state index contributed by atoms with van der Waals surface area (Å²) in [5.74, 6) is 0.898. The lowest BCUT2D eigenvalue weighted by Crippen LogP contribution is -2.39. The fourth-order valence-electron chi connectivity index (χ4n) is 3.36. The zero-order valence-electron chi connectivity index (χ0n) is 19.5. The molecule has 0 aromatic carbocycles. The lowest BCUT2D eigenvalue weighted by Gasteiger charge is -2.34. The van der Waals surface area contributed by atoms with Crippen molar-refractivity contribution in [1.82, 2.24) is 5.32 Å². The second-order valence-electron chi connectivity index (χ2n) is 11.2. The first-order valence-corrected chi connectivity index (χ1v) is 10.9. The number of aliphatic hydroxyl groups is 1. The molecule has 0 radical (unpaired) electrons. The van der Waals surface area contributed by atoms with E-state index in [1.165, 1.54) is 0 Å². The van der Waals surface area contributed by atoms with Crippen LogP contribution in [0.15, 0.2) is 0 Å². The van der Waals surface area contributed by atoms with Crippen molar-refractivity contribution in [3.63, 3.8) is 0 Å². The van der Waals surface area contributed by atoms with E-state index in [0.29, 0.717) is 39.4 Å². The number of hydrogen-bond donors (Lipinski definition) is 3. The van der Waals surface area contributed by atoms with Crippen molar-refractivity contribution < 1.29 is 19.4 Å². The summed E-state index contributed by atoms with van der Waals surface area (Å²) in [6, 6.07) is 0. The van der Waals surface area contributed by atoms with Crippen LogP contribution in [-0.4, -0.2) is 56.3 Å². The number of ether oxygens (including phenoxy) is 2. The molecule has 0 aliphatic carbocycles. The van der Waals surface area contributed by atoms with Gasteiger partial charge in [-0.1, -0.05) is 55.4 Å². The molecule has 0 rings (SSSR count). The highest BCUT2D eigenvalue weighted by Crippen LogP contribution is 2.36. The van der Waals surface area contributed by atoms with Gasteiger partial charge in [0.05, 0.1) is 33.0 Å². The maximum atomic E-state index is 12.5. The van der Waals surface area contributed by atoms with Gasteiger partial charge in [-0.25, -0.2) is 0 Å². The summed E-state index contributed by atoms with van der Waals surface area (Å²) in [4.78, 5) is 12.5. The van der Waals surface area contributed by atoms with Gasteiger partial charge in [-0.3, -0.25) is 4.79 Å². The van der Waals surface area contributed by atoms with Crippen molar-refractivity contribution in [1.29, 1.82) is 0 Å². The number of rotatable bonds is 15. The van der Waals surface area contributed by atoms with E-state index in [-0.39, 0.29) is 34.2 Å². The van der Waals surface area contributed by atoms with Crippen LogP contribution in [0.25, 0.3) is 0 Å². The summed E-state index contributed by atoms with van der Waals surface area (Å²) in [7, 11) is 0. The van der Waals surface area contributed by atoms with Crippen LogP contribution in [0.5, 0.6) is 0 Å². The summed E-state index contributed by atoms with van der Waals surface area (Å²) >= 11 is 4.43. The van der Waals surface area contributed by atoms with E-state index in [0.717, 1.165) is 12.2 Å². The lowest BCUT2D eigenvalue weighted by molar-refractivity contribution is -0.124. The van der Waals surface area contributed by atoms with Gasteiger partial charge < -0.3 is 19.9 Å². The highest BCUT2D eigenvalue weighted by atomic mass is 32.1. The van der Waals surface area contributed by atoms with E-state index in [1.54, 1.807) is 0 Å². The van der Waals surface area contributed by atoms with Gasteiger partial charge >= 0.3 is 0 Å². The predicted octanol–water partition coefficient (Wildman–Crippen LogP) is 3.94. The summed E-state index contributed by atoms with van der Waals surface area (Å²) in [6.45, 7) is 19.7. The maximum Gasteiger partial charge on any atom is 0.220 e. The van der Waals surface area contributed by atoms with Gasteiger partial charge in [-0.2, -0.15) is 12.6 Å². The molecule has 0 aromatic heterocycles. The van der Waals surface area contributed by atoms with E-state index < -0.39 is 0 Å². The molecular formula is C22H45NO4S. The Hall–Kier alpha value is -0.300. The van der Waals surface area contributed by atoms with Gasteiger partial charge in [0.2, 0.25) is 5.91 Å². The number of aliphatic hydroxyl groups excluding tert-OH is 1. The molecule has 0 spiro atoms. The molecule has 2 N–H and O–H groups in total. The maximum absolute atomic E-state index is 12.5. The van der Waals surface area contributed by atoms with Crippen LogP contribution >= 0.6 is 12.6 Å². The van der Waals surface area contributed by atoms with Crippen molar-refractivity contribution in [3.05, 3.63) is 0 Å². The second-order valence-corrected chi connectivity index (χ2v) is 11.5. The number of amides is 1. The minimum absolute atomic E-state index is 0.0343. The molecule has 0 bridgehead atoms. The molecule has 0 aliphatic rings. The summed E-state index contributed by atoms with van der Waals surface area (Å²) in [5.41, 5.74) is -0.201. The molecular weight excluding hydrogens is 374 g/mol. The number of carbonyl (C=O) groups excluding carboxylic acids is 1. The van der Waals surface area contributed by atoms with Crippen LogP contribution in [-0.2, 0) is 14.3 Å². The third-order valence-corrected chi connectivity index (χ3v) is 5.36. The van der Waals surface area contributed by atoms with Crippen LogP contribution in [0.1, 0.15) is 68.2 Å². The lowest BCUT2D eigenvalue weighted by atomic mass is 9.74. The number of thiol groups is 1. The van der Waals surface area contributed by atoms with Crippen molar-refractivity contribution >= 4 is 18.5 Å². The van der Waals surface area contributed by atoms with Crippen molar-refractivity contribution in [3.8, 4) is 0 Å². The van der Waals surface area contributed by atoms with Gasteiger partial charge in [-0.05, 0) is 23.0 Å². The first kappa shape index (κ1) is 27.7. The summed E-state index contributed by atoms with van der Waals surface area (Å²) in [6.07, 6.45) is 1.47. The first-order chi connectivity index (χ1) is 12.6. The van der Waals surface area contributed by atoms with Crippen LogP contribution in [0.2, 0.25) is 0 Å². The van der Waals surface area contributed by atoms with Crippen LogP contribution < -0.4 is 5.32 Å². The Morgan fingerprint density at radius 2 is 1.39 bits per heavy atom. The zero-order valence-corrected chi connectivity index (χ0v) is 20.4. The van der Waals surface area contributed by atoms with Gasteiger partial charge in [-0.15, -0.1) is 0 Å². The Balaban J connectivity index is 4.32. The molecule has 0 unspecified atom stereocenters. The molecule has 0 saturated carbocycles. The van der Waals surface area contributed by atoms with E-state index in [9.17, 15) is 4.79 Å². The molecule has 5 nitrogen and oxygen atoms in total. The highest BCUT2D eigenvalue weighted by Gasteiger charge is 2.30. The molecule has 28 heavy (non-hydrogen) atoms. The minimum Gasteiger partial charge on any atom is -0.394 e. The Labute approximate surface area is 178 Å². The van der Waals surface area contributed by atoms with E-state index in [1.807, 2.05) is 0 Å². The molecule has 0 fully saturated rings. The van der Waals surface area contributed by atoms with Gasteiger partial charge in [0, 0.05) is 23.8 Å². The van der Waals surface area contributed by atoms with Gasteiger partial charge in [0.25, 0.3) is 0 Å². The molecule has 0 aromatic rings. The summed E-state index contributed by atoms with van der Waals surface area (Å²) in [5, 5.41) is 11.9. The topological polar surface area (TPSA) is 67.8 Å². The molecule has 0 aliphatic heterocycles. The van der Waals surface area contributed by atoms with E-state index in [2.05, 4.69) is 73.3 Å². The molecule has 1 amide bonds. The number of hydrogen-bond acceptors (Lipinski definition) is 5. The number of nitrogens with one attached hydrogen (secondary N) is 1. The standard InChI is InChI=1S/C22H45NO4S/c1-19(2,12-20(3,4)17-28)11-18(25)23-13-21(5,6)14-27-16-22(7,8)15-26-10-9-24/h24,28H,9-17H2,1-8H3,(H,23,25). The summed E-state index contributed by atoms with van der Waals surface area (Å²) < 4.78 is 11.3. The quantitative estimate of drug-likeness (QED) is 0.278. The highest BCUT2D eigenvalue weighted by molar-refractivity contribution is 7.80. The average molecular weight is 420 g/mol. The third kappa shape index (κ3) is 13.8. The third-order valence-electron chi connectivity index (χ3n) is 4.50. The van der Waals surface area contributed by atoms with E-state index >= 15 is 0 Å². The largest absolute Gasteiger partial charge is 0.394 e.